The largest absolute Gasteiger partial charge is 0.465 e. The summed E-state index contributed by atoms with van der Waals surface area (Å²) in [4.78, 5) is 33.6. The summed E-state index contributed by atoms with van der Waals surface area (Å²) >= 11 is 0. The van der Waals surface area contributed by atoms with Crippen LogP contribution in [-0.4, -0.2) is 24.2 Å². The molecule has 0 aliphatic heterocycles. The number of ether oxygens (including phenoxy) is 2. The molecule has 0 fully saturated rings. The smallest absolute Gasteiger partial charge is 0.408 e. The minimum absolute atomic E-state index is 0.145. The van der Waals surface area contributed by atoms with Crippen molar-refractivity contribution >= 4 is 28.7 Å². The van der Waals surface area contributed by atoms with E-state index in [1.54, 1.807) is 31.2 Å². The highest BCUT2D eigenvalue weighted by Crippen LogP contribution is 2.20. The van der Waals surface area contributed by atoms with E-state index in [1.807, 2.05) is 54.6 Å². The van der Waals surface area contributed by atoms with Crippen LogP contribution < -0.4 is 10.9 Å². The zero-order valence-electron chi connectivity index (χ0n) is 18.7. The van der Waals surface area contributed by atoms with Gasteiger partial charge in [0, 0.05) is 0 Å². The van der Waals surface area contributed by atoms with Gasteiger partial charge in [0.05, 0.1) is 29.3 Å². The molecule has 1 amide bonds. The molecule has 0 saturated carbocycles. The van der Waals surface area contributed by atoms with Gasteiger partial charge in [-0.05, 0) is 36.8 Å². The van der Waals surface area contributed by atoms with Crippen molar-refractivity contribution in [3.05, 3.63) is 101 Å². The van der Waals surface area contributed by atoms with Gasteiger partial charge in [0.2, 0.25) is 11.4 Å². The highest BCUT2D eigenvalue weighted by molar-refractivity contribution is 5.94. The summed E-state index contributed by atoms with van der Waals surface area (Å²) in [5.74, 6) is -0.265. The third-order valence-corrected chi connectivity index (χ3v) is 5.02. The zero-order valence-corrected chi connectivity index (χ0v) is 18.7. The van der Waals surface area contributed by atoms with Crippen molar-refractivity contribution in [1.82, 2.24) is 10.3 Å². The van der Waals surface area contributed by atoms with Crippen LogP contribution in [0.2, 0.25) is 0 Å². The number of carbonyl (C=O) groups is 2. The van der Waals surface area contributed by atoms with Crippen LogP contribution in [0.5, 0.6) is 0 Å². The number of aromatic nitrogens is 1. The van der Waals surface area contributed by atoms with Crippen molar-refractivity contribution < 1.29 is 23.5 Å². The molecule has 1 atom stereocenters. The van der Waals surface area contributed by atoms with Gasteiger partial charge in [-0.3, -0.25) is 0 Å². The Kier molecular flexibility index (Phi) is 6.98. The van der Waals surface area contributed by atoms with E-state index < -0.39 is 18.1 Å². The quantitative estimate of drug-likeness (QED) is 0.416. The van der Waals surface area contributed by atoms with Gasteiger partial charge in [-0.25, -0.2) is 19.6 Å². The first kappa shape index (κ1) is 22.7. The molecule has 34 heavy (non-hydrogen) atoms. The first-order valence-corrected chi connectivity index (χ1v) is 10.6. The monoisotopic (exact) mass is 457 g/mol. The molecule has 0 saturated heterocycles. The molecular formula is C26H23N3O5. The van der Waals surface area contributed by atoms with Crippen LogP contribution in [0.3, 0.4) is 0 Å². The average Bonchev–Trinajstić information content (AvgIpc) is 2.88. The summed E-state index contributed by atoms with van der Waals surface area (Å²) in [6, 6.07) is 22.9. The molecule has 1 heterocycles. The van der Waals surface area contributed by atoms with Gasteiger partial charge in [-0.1, -0.05) is 54.6 Å². The molecule has 4 aromatic rings. The van der Waals surface area contributed by atoms with E-state index in [0.29, 0.717) is 22.2 Å². The number of nitrogens with zero attached hydrogens (tertiary/aromatic N) is 2. The molecule has 4 rings (SSSR count). The fourth-order valence-electron chi connectivity index (χ4n) is 3.28. The second-order valence-electron chi connectivity index (χ2n) is 7.42. The number of rotatable bonds is 6. The Morgan fingerprint density at radius 1 is 1.00 bits per heavy atom. The minimum atomic E-state index is -0.601. The SMILES string of the molecule is COC(=O)c1ccccc1N=c1oc([C@H](C)NC(=O)OCc2ccccc2)nc2ccccc12. The Morgan fingerprint density at radius 3 is 2.50 bits per heavy atom. The average molecular weight is 457 g/mol. The van der Waals surface area contributed by atoms with Gasteiger partial charge < -0.3 is 19.2 Å². The molecule has 8 nitrogen and oxygen atoms in total. The number of nitrogens with one attached hydrogen (secondary N) is 1. The molecule has 0 spiro atoms. The second-order valence-corrected chi connectivity index (χ2v) is 7.42. The van der Waals surface area contributed by atoms with Gasteiger partial charge in [0.1, 0.15) is 12.6 Å². The normalized spacial score (nSPS) is 12.2. The van der Waals surface area contributed by atoms with E-state index in [0.717, 1.165) is 5.56 Å². The molecule has 0 bridgehead atoms. The van der Waals surface area contributed by atoms with E-state index in [-0.39, 0.29) is 18.1 Å². The Morgan fingerprint density at radius 2 is 1.71 bits per heavy atom. The summed E-state index contributed by atoms with van der Waals surface area (Å²) in [6.45, 7) is 1.88. The number of carbonyl (C=O) groups excluding carboxylic acids is 2. The zero-order chi connectivity index (χ0) is 23.9. The molecule has 0 radical (unpaired) electrons. The number of hydrogen-bond donors (Lipinski definition) is 1. The van der Waals surface area contributed by atoms with E-state index in [4.69, 9.17) is 13.9 Å². The maximum atomic E-state index is 12.3. The fraction of sp³-hybridized carbons (Fsp3) is 0.154. The second kappa shape index (κ2) is 10.4. The molecule has 1 aromatic heterocycles. The maximum absolute atomic E-state index is 12.3. The van der Waals surface area contributed by atoms with Gasteiger partial charge >= 0.3 is 12.1 Å². The van der Waals surface area contributed by atoms with Crippen LogP contribution in [0.25, 0.3) is 10.9 Å². The van der Waals surface area contributed by atoms with Crippen molar-refractivity contribution in [3.63, 3.8) is 0 Å². The lowest BCUT2D eigenvalue weighted by Crippen LogP contribution is -2.28. The van der Waals surface area contributed by atoms with Crippen LogP contribution in [-0.2, 0) is 16.1 Å². The van der Waals surface area contributed by atoms with Gasteiger partial charge in [-0.15, -0.1) is 0 Å². The molecular weight excluding hydrogens is 434 g/mol. The summed E-state index contributed by atoms with van der Waals surface area (Å²) in [5, 5.41) is 3.38. The molecule has 0 aliphatic rings. The Labute approximate surface area is 195 Å². The number of methoxy groups -OCH3 is 1. The van der Waals surface area contributed by atoms with Crippen molar-refractivity contribution in [3.8, 4) is 0 Å². The Bertz CT molecular complexity index is 1380. The van der Waals surface area contributed by atoms with Gasteiger partial charge in [0.15, 0.2) is 0 Å². The topological polar surface area (TPSA) is 103 Å². The standard InChI is InChI=1S/C26H23N3O5/c1-17(27-26(31)33-16-18-10-4-3-5-11-18)23-28-21-14-8-6-12-19(21)24(34-23)29-22-15-9-7-13-20(22)25(30)32-2/h3-15,17H,16H2,1-2H3,(H,27,31)/t17-/m0/s1. The first-order chi connectivity index (χ1) is 16.5. The lowest BCUT2D eigenvalue weighted by atomic mass is 10.2. The lowest BCUT2D eigenvalue weighted by Gasteiger charge is -2.13. The van der Waals surface area contributed by atoms with Crippen LogP contribution in [0, 0.1) is 0 Å². The summed E-state index contributed by atoms with van der Waals surface area (Å²) < 4.78 is 16.1. The summed E-state index contributed by atoms with van der Waals surface area (Å²) in [5.41, 5.74) is 2.46. The van der Waals surface area contributed by atoms with E-state index >= 15 is 0 Å². The molecule has 172 valence electrons. The number of alkyl carbamates (subject to hydrolysis) is 1. The maximum Gasteiger partial charge on any atom is 0.408 e. The number of para-hydroxylation sites is 2. The van der Waals surface area contributed by atoms with Crippen molar-refractivity contribution in [2.24, 2.45) is 4.99 Å². The third-order valence-electron chi connectivity index (χ3n) is 5.02. The number of fused-ring (bicyclic) bond motifs is 1. The molecule has 8 heteroatoms. The number of amides is 1. The number of benzene rings is 3. The lowest BCUT2D eigenvalue weighted by molar-refractivity contribution is 0.0601. The van der Waals surface area contributed by atoms with Crippen LogP contribution in [0.4, 0.5) is 10.5 Å². The number of esters is 1. The molecule has 0 aliphatic carbocycles. The summed E-state index contributed by atoms with van der Waals surface area (Å²) in [6.07, 6.45) is -0.601. The predicted molar refractivity (Wildman–Crippen MR) is 125 cm³/mol. The molecule has 3 aromatic carbocycles. The predicted octanol–water partition coefficient (Wildman–Crippen LogP) is 4.83. The van der Waals surface area contributed by atoms with E-state index in [2.05, 4.69) is 15.3 Å². The minimum Gasteiger partial charge on any atom is -0.465 e. The van der Waals surface area contributed by atoms with Crippen LogP contribution in [0.15, 0.2) is 88.3 Å². The van der Waals surface area contributed by atoms with Crippen molar-refractivity contribution in [2.75, 3.05) is 7.11 Å². The summed E-state index contributed by atoms with van der Waals surface area (Å²) in [7, 11) is 1.31. The molecule has 1 N–H and O–H groups in total. The molecule has 0 unspecified atom stereocenters. The third kappa shape index (κ3) is 5.29. The van der Waals surface area contributed by atoms with E-state index in [1.165, 1.54) is 7.11 Å². The van der Waals surface area contributed by atoms with E-state index in [9.17, 15) is 9.59 Å². The van der Waals surface area contributed by atoms with Gasteiger partial charge in [0.25, 0.3) is 0 Å². The Balaban J connectivity index is 1.64. The highest BCUT2D eigenvalue weighted by Gasteiger charge is 2.17. The van der Waals surface area contributed by atoms with Gasteiger partial charge in [-0.2, -0.15) is 0 Å². The van der Waals surface area contributed by atoms with Crippen molar-refractivity contribution in [2.45, 2.75) is 19.6 Å². The highest BCUT2D eigenvalue weighted by atomic mass is 16.5. The van der Waals surface area contributed by atoms with Crippen LogP contribution in [0.1, 0.15) is 34.8 Å². The first-order valence-electron chi connectivity index (χ1n) is 10.6. The van der Waals surface area contributed by atoms with Crippen LogP contribution >= 0.6 is 0 Å². The Hall–Kier alpha value is -4.46. The number of hydrogen-bond acceptors (Lipinski definition) is 7. The van der Waals surface area contributed by atoms with Crippen molar-refractivity contribution in [1.29, 1.82) is 0 Å². The fourth-order valence-corrected chi connectivity index (χ4v) is 3.28.